The molecule has 0 radical (unpaired) electrons. The Balaban J connectivity index is 0.000000178. The topological polar surface area (TPSA) is 130 Å². The van der Waals surface area contributed by atoms with Crippen molar-refractivity contribution < 1.29 is 37.1 Å². The van der Waals surface area contributed by atoms with Gasteiger partial charge in [0.25, 0.3) is 0 Å². The maximum absolute atomic E-state index is 12.4. The van der Waals surface area contributed by atoms with Gasteiger partial charge in [-0.25, -0.2) is 8.42 Å². The summed E-state index contributed by atoms with van der Waals surface area (Å²) in [6.45, 7) is 10.8. The molecule has 0 heterocycles. The number of esters is 2. The van der Waals surface area contributed by atoms with Gasteiger partial charge in [0, 0.05) is 6.42 Å². The van der Waals surface area contributed by atoms with Crippen LogP contribution in [0.1, 0.15) is 92.9 Å². The Labute approximate surface area is 313 Å². The number of rotatable bonds is 11. The molecule has 2 atom stereocenters. The highest BCUT2D eigenvalue weighted by molar-refractivity contribution is 7.97. The summed E-state index contributed by atoms with van der Waals surface area (Å²) < 4.78 is 41.2. The molecule has 3 aromatic carbocycles. The number of carbonyl (C=O) groups excluding carboxylic acids is 2. The maximum atomic E-state index is 12.4. The Morgan fingerprint density at radius 2 is 1.15 bits per heavy atom. The fourth-order valence-electron chi connectivity index (χ4n) is 7.38. The van der Waals surface area contributed by atoms with Crippen LogP contribution in [0.2, 0.25) is 0 Å². The predicted molar refractivity (Wildman–Crippen MR) is 204 cm³/mol. The van der Waals surface area contributed by atoms with Gasteiger partial charge in [0.1, 0.15) is 12.2 Å². The first-order chi connectivity index (χ1) is 24.4. The Kier molecular flexibility index (Phi) is 13.8. The fraction of sp³-hybridized carbons (Fsp3) is 0.524. The Hall–Kier alpha value is -3.18. The minimum Gasteiger partial charge on any atom is -0.748 e. The summed E-state index contributed by atoms with van der Waals surface area (Å²) in [4.78, 5) is 27.7. The van der Waals surface area contributed by atoms with Crippen LogP contribution in [0.4, 0.5) is 0 Å². The summed E-state index contributed by atoms with van der Waals surface area (Å²) in [6, 6.07) is 32.2. The summed E-state index contributed by atoms with van der Waals surface area (Å²) in [7, 11) is -4.31. The highest BCUT2D eigenvalue weighted by Crippen LogP contribution is 2.59. The molecular formula is C42H56O8S2. The second kappa shape index (κ2) is 17.3. The van der Waals surface area contributed by atoms with Gasteiger partial charge in [0.05, 0.1) is 43.2 Å². The third-order valence-electron chi connectivity index (χ3n) is 10.7. The molecule has 4 saturated carbocycles. The van der Waals surface area contributed by atoms with Crippen molar-refractivity contribution in [3.8, 4) is 0 Å². The molecule has 0 saturated heterocycles. The molecule has 2 unspecified atom stereocenters. The largest absolute Gasteiger partial charge is 0.748 e. The molecule has 8 nitrogen and oxygen atoms in total. The van der Waals surface area contributed by atoms with Crippen molar-refractivity contribution in [1.82, 2.24) is 0 Å². The van der Waals surface area contributed by atoms with E-state index in [2.05, 4.69) is 95.7 Å². The lowest BCUT2D eigenvalue weighted by atomic mass is 9.52. The normalized spacial score (nSPS) is 23.5. The molecule has 0 amide bonds. The maximum Gasteiger partial charge on any atom is 0.312 e. The lowest BCUT2D eigenvalue weighted by Gasteiger charge is -2.59. The van der Waals surface area contributed by atoms with E-state index in [0.717, 1.165) is 32.1 Å². The third kappa shape index (κ3) is 11.4. The zero-order valence-corrected chi connectivity index (χ0v) is 33.1. The molecule has 0 spiro atoms. The Bertz CT molecular complexity index is 1600. The molecule has 4 bridgehead atoms. The summed E-state index contributed by atoms with van der Waals surface area (Å²) in [5.74, 6) is -0.116. The monoisotopic (exact) mass is 752 g/mol. The van der Waals surface area contributed by atoms with E-state index in [9.17, 15) is 27.7 Å². The van der Waals surface area contributed by atoms with Crippen LogP contribution in [0, 0.1) is 22.7 Å². The van der Waals surface area contributed by atoms with Crippen molar-refractivity contribution in [2.45, 2.75) is 119 Å². The average molecular weight is 753 g/mol. The fourth-order valence-corrected chi connectivity index (χ4v) is 9.78. The van der Waals surface area contributed by atoms with Gasteiger partial charge in [-0.1, -0.05) is 68.4 Å². The molecule has 4 fully saturated rings. The first-order valence-corrected chi connectivity index (χ1v) is 21.2. The van der Waals surface area contributed by atoms with E-state index in [1.807, 2.05) is 27.7 Å². The standard InChI is InChI=1S/C18H15S.C16H26O3.C8H16O5S/c1-4-10-16(11-5-1)19(17-12-6-2-7-13-17)18-14-8-3-9-15-18;1-4-14(2,3)13(17)19-16-8-11-5-12(9-16)7-15(18,6-11)10-16;1-4-8(2,3)7(9)13-5-6-14(10,11)12/h1-15H;11-12,18H,4-10H2,1-3H3;4-6H2,1-3H3,(H,10,11,12)/q+1;;/p-1. The Morgan fingerprint density at radius 3 is 1.52 bits per heavy atom. The van der Waals surface area contributed by atoms with E-state index in [1.54, 1.807) is 13.8 Å². The van der Waals surface area contributed by atoms with Crippen molar-refractivity contribution in [2.75, 3.05) is 12.4 Å². The van der Waals surface area contributed by atoms with Gasteiger partial charge in [-0.15, -0.1) is 0 Å². The molecule has 0 aromatic heterocycles. The summed E-state index contributed by atoms with van der Waals surface area (Å²) in [5, 5.41) is 10.6. The molecule has 4 aliphatic rings. The smallest absolute Gasteiger partial charge is 0.312 e. The van der Waals surface area contributed by atoms with Gasteiger partial charge in [0.15, 0.2) is 14.7 Å². The van der Waals surface area contributed by atoms with Crippen molar-refractivity contribution in [3.05, 3.63) is 91.0 Å². The minimum absolute atomic E-state index is 0.0146. The van der Waals surface area contributed by atoms with Crippen LogP contribution in [0.15, 0.2) is 106 Å². The number of benzene rings is 3. The minimum atomic E-state index is -4.30. The first kappa shape index (κ1) is 41.6. The van der Waals surface area contributed by atoms with E-state index in [4.69, 9.17) is 4.74 Å². The first-order valence-electron chi connectivity index (χ1n) is 18.4. The number of carbonyl (C=O) groups is 2. The van der Waals surface area contributed by atoms with E-state index in [1.165, 1.54) is 21.1 Å². The van der Waals surface area contributed by atoms with Crippen LogP contribution in [0.25, 0.3) is 0 Å². The van der Waals surface area contributed by atoms with E-state index >= 15 is 0 Å². The predicted octanol–water partition coefficient (Wildman–Crippen LogP) is 8.34. The van der Waals surface area contributed by atoms with Crippen molar-refractivity contribution >= 4 is 33.0 Å². The van der Waals surface area contributed by atoms with E-state index < -0.39 is 38.3 Å². The number of hydrogen-bond acceptors (Lipinski definition) is 8. The van der Waals surface area contributed by atoms with Crippen molar-refractivity contribution in [2.24, 2.45) is 22.7 Å². The highest BCUT2D eigenvalue weighted by atomic mass is 32.2. The third-order valence-corrected chi connectivity index (χ3v) is 13.6. The Morgan fingerprint density at radius 1 is 0.750 bits per heavy atom. The van der Waals surface area contributed by atoms with Gasteiger partial charge < -0.3 is 19.1 Å². The van der Waals surface area contributed by atoms with E-state index in [-0.39, 0.29) is 29.1 Å². The molecule has 7 rings (SSSR count). The molecular weight excluding hydrogens is 697 g/mol. The number of ether oxygens (including phenoxy) is 2. The highest BCUT2D eigenvalue weighted by Gasteiger charge is 2.59. The number of hydrogen-bond donors (Lipinski definition) is 1. The molecule has 10 heteroatoms. The summed E-state index contributed by atoms with van der Waals surface area (Å²) >= 11 is 0. The quantitative estimate of drug-likeness (QED) is 0.118. The molecule has 3 aromatic rings. The summed E-state index contributed by atoms with van der Waals surface area (Å²) in [5.41, 5.74) is -1.96. The SMILES string of the molecule is CCC(C)(C)C(=O)OC12CC3CC(CC(O)(C3)C1)C2.CCC(C)(C)C(=O)OCCS(=O)(=O)[O-].c1ccc([S+](c2ccccc2)c2ccccc2)cc1. The van der Waals surface area contributed by atoms with Gasteiger partial charge in [-0.05, 0) is 121 Å². The lowest BCUT2D eigenvalue weighted by Crippen LogP contribution is -2.61. The average Bonchev–Trinajstić information content (AvgIpc) is 3.08. The molecule has 1 N–H and O–H groups in total. The van der Waals surface area contributed by atoms with Gasteiger partial charge in [-0.3, -0.25) is 9.59 Å². The van der Waals surface area contributed by atoms with Gasteiger partial charge in [0.2, 0.25) is 0 Å². The van der Waals surface area contributed by atoms with Gasteiger partial charge in [-0.2, -0.15) is 0 Å². The van der Waals surface area contributed by atoms with Crippen molar-refractivity contribution in [1.29, 1.82) is 0 Å². The molecule has 284 valence electrons. The van der Waals surface area contributed by atoms with Crippen LogP contribution >= 0.6 is 0 Å². The molecule has 0 aliphatic heterocycles. The second-order valence-corrected chi connectivity index (χ2v) is 19.4. The van der Waals surface area contributed by atoms with Crippen LogP contribution in [0.3, 0.4) is 0 Å². The summed E-state index contributed by atoms with van der Waals surface area (Å²) in [6.07, 6.45) is 7.04. The number of aliphatic hydroxyl groups is 1. The zero-order chi connectivity index (χ0) is 38.2. The van der Waals surface area contributed by atoms with Crippen LogP contribution in [-0.4, -0.2) is 53.6 Å². The van der Waals surface area contributed by atoms with Crippen molar-refractivity contribution in [3.63, 3.8) is 0 Å². The zero-order valence-electron chi connectivity index (χ0n) is 31.5. The molecule has 52 heavy (non-hydrogen) atoms. The lowest BCUT2D eigenvalue weighted by molar-refractivity contribution is -0.225. The van der Waals surface area contributed by atoms with Crippen LogP contribution < -0.4 is 0 Å². The van der Waals surface area contributed by atoms with E-state index in [0.29, 0.717) is 24.7 Å². The molecule has 4 aliphatic carbocycles. The van der Waals surface area contributed by atoms with Gasteiger partial charge >= 0.3 is 11.9 Å². The second-order valence-electron chi connectivity index (χ2n) is 15.9. The van der Waals surface area contributed by atoms with Crippen LogP contribution in [-0.2, 0) is 40.1 Å². The van der Waals surface area contributed by atoms with Crippen LogP contribution in [0.5, 0.6) is 0 Å².